The molecular formula is C27H32N4O2. The van der Waals surface area contributed by atoms with Crippen LogP contribution in [0.1, 0.15) is 60.3 Å². The first-order valence-electron chi connectivity index (χ1n) is 12.1. The van der Waals surface area contributed by atoms with Crippen LogP contribution in [-0.4, -0.2) is 55.0 Å². The van der Waals surface area contributed by atoms with Crippen LogP contribution in [0.25, 0.3) is 10.9 Å². The molecule has 2 fully saturated rings. The minimum absolute atomic E-state index is 0.0509. The molecule has 0 unspecified atom stereocenters. The molecule has 0 atom stereocenters. The molecule has 1 aromatic heterocycles. The normalized spacial score (nSPS) is 20.5. The molecule has 2 aromatic carbocycles. The lowest BCUT2D eigenvalue weighted by molar-refractivity contribution is 0.103. The molecule has 1 saturated carbocycles. The highest BCUT2D eigenvalue weighted by molar-refractivity contribution is 6.20. The Morgan fingerprint density at radius 2 is 1.85 bits per heavy atom. The Labute approximate surface area is 194 Å². The van der Waals surface area contributed by atoms with Crippen molar-refractivity contribution < 1.29 is 9.53 Å². The minimum atomic E-state index is -0.346. The third-order valence-corrected chi connectivity index (χ3v) is 8.16. The lowest BCUT2D eigenvalue weighted by Crippen LogP contribution is -2.52. The number of ketones is 1. The molecule has 3 N–H and O–H groups in total. The summed E-state index contributed by atoms with van der Waals surface area (Å²) in [5.41, 5.74) is 11.9. The zero-order valence-electron chi connectivity index (χ0n) is 19.7. The fourth-order valence-electron chi connectivity index (χ4n) is 5.95. The maximum atomic E-state index is 13.7. The van der Waals surface area contributed by atoms with Crippen LogP contribution in [-0.2, 0) is 5.41 Å². The summed E-state index contributed by atoms with van der Waals surface area (Å²) in [5, 5.41) is 0.929. The summed E-state index contributed by atoms with van der Waals surface area (Å²) in [4.78, 5) is 22.3. The Kier molecular flexibility index (Phi) is 4.53. The van der Waals surface area contributed by atoms with E-state index in [9.17, 15) is 4.79 Å². The number of rotatable bonds is 3. The number of fused-ring (bicyclic) bond motifs is 4. The van der Waals surface area contributed by atoms with E-state index in [0.29, 0.717) is 5.69 Å². The van der Waals surface area contributed by atoms with Crippen LogP contribution >= 0.6 is 0 Å². The SMILES string of the molecule is COc1cc2c(cc1N1CCN(C3CCC3)CC1)C(C)(C)c1[nH]c3cc(N)ccc3c1C2=O. The smallest absolute Gasteiger partial charge is 0.195 e. The van der Waals surface area contributed by atoms with E-state index in [1.54, 1.807) is 7.11 Å². The fourth-order valence-corrected chi connectivity index (χ4v) is 5.95. The van der Waals surface area contributed by atoms with E-state index in [1.165, 1.54) is 19.3 Å². The van der Waals surface area contributed by atoms with Gasteiger partial charge in [-0.2, -0.15) is 0 Å². The van der Waals surface area contributed by atoms with Crippen molar-refractivity contribution in [3.63, 3.8) is 0 Å². The summed E-state index contributed by atoms with van der Waals surface area (Å²) in [6, 6.07) is 10.7. The van der Waals surface area contributed by atoms with E-state index in [2.05, 4.69) is 34.7 Å². The van der Waals surface area contributed by atoms with Crippen molar-refractivity contribution in [3.8, 4) is 5.75 Å². The number of nitrogens with zero attached hydrogens (tertiary/aromatic N) is 2. The average Bonchev–Trinajstić information content (AvgIpc) is 3.16. The lowest BCUT2D eigenvalue weighted by Gasteiger charge is -2.44. The number of piperazine rings is 1. The summed E-state index contributed by atoms with van der Waals surface area (Å²) in [6.07, 6.45) is 4.06. The van der Waals surface area contributed by atoms with Crippen LogP contribution < -0.4 is 15.4 Å². The van der Waals surface area contributed by atoms with Gasteiger partial charge in [0.1, 0.15) is 5.75 Å². The topological polar surface area (TPSA) is 74.6 Å². The predicted molar refractivity (Wildman–Crippen MR) is 133 cm³/mol. The maximum absolute atomic E-state index is 13.7. The minimum Gasteiger partial charge on any atom is -0.495 e. The standard InChI is InChI=1S/C27H32N4O2/c1-27(2)20-15-22(31-11-9-30(10-12-31)17-5-4-6-17)23(33-3)14-19(20)25(32)24-18-8-7-16(28)13-21(18)29-26(24)27/h7-8,13-15,17,29H,4-6,9-12,28H2,1-3H3. The van der Waals surface area contributed by atoms with Gasteiger partial charge in [-0.1, -0.05) is 26.3 Å². The molecule has 6 rings (SSSR count). The van der Waals surface area contributed by atoms with Crippen LogP contribution in [0.3, 0.4) is 0 Å². The molecule has 2 heterocycles. The number of hydrogen-bond acceptors (Lipinski definition) is 5. The van der Waals surface area contributed by atoms with Gasteiger partial charge < -0.3 is 20.4 Å². The number of carbonyl (C=O) groups is 1. The van der Waals surface area contributed by atoms with Gasteiger partial charge in [0.05, 0.1) is 18.4 Å². The van der Waals surface area contributed by atoms with Crippen LogP contribution in [0.15, 0.2) is 30.3 Å². The Balaban J connectivity index is 1.42. The van der Waals surface area contributed by atoms with Gasteiger partial charge in [-0.3, -0.25) is 9.69 Å². The van der Waals surface area contributed by atoms with Gasteiger partial charge in [0.25, 0.3) is 0 Å². The second-order valence-electron chi connectivity index (χ2n) is 10.3. The molecular weight excluding hydrogens is 412 g/mol. The Bertz CT molecular complexity index is 1260. The molecule has 172 valence electrons. The van der Waals surface area contributed by atoms with Crippen molar-refractivity contribution in [3.05, 3.63) is 52.7 Å². The predicted octanol–water partition coefficient (Wildman–Crippen LogP) is 4.30. The molecule has 0 spiro atoms. The fraction of sp³-hybridized carbons (Fsp3) is 0.444. The van der Waals surface area contributed by atoms with Gasteiger partial charge in [0.15, 0.2) is 5.78 Å². The molecule has 33 heavy (non-hydrogen) atoms. The molecule has 0 radical (unpaired) electrons. The van der Waals surface area contributed by atoms with Crippen LogP contribution in [0.5, 0.6) is 5.75 Å². The zero-order valence-corrected chi connectivity index (χ0v) is 19.7. The van der Waals surface area contributed by atoms with Gasteiger partial charge in [0.2, 0.25) is 0 Å². The van der Waals surface area contributed by atoms with Crippen molar-refractivity contribution in [2.75, 3.05) is 43.9 Å². The number of nitrogens with two attached hydrogens (primary N) is 1. The highest BCUT2D eigenvalue weighted by Crippen LogP contribution is 2.47. The molecule has 1 saturated heterocycles. The molecule has 1 aliphatic heterocycles. The van der Waals surface area contributed by atoms with Crippen molar-refractivity contribution >= 4 is 28.1 Å². The molecule has 3 aliphatic rings. The number of benzene rings is 2. The van der Waals surface area contributed by atoms with E-state index >= 15 is 0 Å². The summed E-state index contributed by atoms with van der Waals surface area (Å²) in [6.45, 7) is 8.52. The number of carbonyl (C=O) groups excluding carboxylic acids is 1. The molecule has 2 aliphatic carbocycles. The number of nitrogens with one attached hydrogen (secondary N) is 1. The Hall–Kier alpha value is -2.99. The molecule has 0 bridgehead atoms. The summed E-state index contributed by atoms with van der Waals surface area (Å²) in [5.74, 6) is 0.831. The summed E-state index contributed by atoms with van der Waals surface area (Å²) < 4.78 is 5.83. The van der Waals surface area contributed by atoms with Crippen molar-refractivity contribution in [2.24, 2.45) is 0 Å². The molecule has 3 aromatic rings. The Morgan fingerprint density at radius 1 is 1.09 bits per heavy atom. The van der Waals surface area contributed by atoms with Gasteiger partial charge in [-0.25, -0.2) is 0 Å². The molecule has 0 amide bonds. The third-order valence-electron chi connectivity index (χ3n) is 8.16. The maximum Gasteiger partial charge on any atom is 0.195 e. The van der Waals surface area contributed by atoms with Crippen LogP contribution in [0, 0.1) is 0 Å². The van der Waals surface area contributed by atoms with Crippen molar-refractivity contribution in [2.45, 2.75) is 44.6 Å². The van der Waals surface area contributed by atoms with Gasteiger partial charge >= 0.3 is 0 Å². The second kappa shape index (κ2) is 7.26. The molecule has 6 heteroatoms. The first-order valence-corrected chi connectivity index (χ1v) is 12.1. The lowest BCUT2D eigenvalue weighted by atomic mass is 9.71. The second-order valence-corrected chi connectivity index (χ2v) is 10.3. The highest BCUT2D eigenvalue weighted by atomic mass is 16.5. The first kappa shape index (κ1) is 20.6. The number of nitrogen functional groups attached to an aromatic ring is 1. The monoisotopic (exact) mass is 444 g/mol. The van der Waals surface area contributed by atoms with E-state index in [1.807, 2.05) is 24.3 Å². The van der Waals surface area contributed by atoms with Gasteiger partial charge in [0, 0.05) is 65.5 Å². The van der Waals surface area contributed by atoms with Gasteiger partial charge in [-0.15, -0.1) is 0 Å². The van der Waals surface area contributed by atoms with E-state index in [-0.39, 0.29) is 11.2 Å². The number of ether oxygens (including phenoxy) is 1. The first-order chi connectivity index (χ1) is 15.9. The van der Waals surface area contributed by atoms with Crippen LogP contribution in [0.4, 0.5) is 11.4 Å². The number of methoxy groups -OCH3 is 1. The van der Waals surface area contributed by atoms with Crippen molar-refractivity contribution in [1.29, 1.82) is 0 Å². The molecule has 6 nitrogen and oxygen atoms in total. The zero-order chi connectivity index (χ0) is 22.9. The largest absolute Gasteiger partial charge is 0.495 e. The summed E-state index contributed by atoms with van der Waals surface area (Å²) >= 11 is 0. The number of H-pyrrole nitrogens is 1. The number of anilines is 2. The summed E-state index contributed by atoms with van der Waals surface area (Å²) in [7, 11) is 1.70. The number of aromatic nitrogens is 1. The van der Waals surface area contributed by atoms with E-state index < -0.39 is 0 Å². The number of hydrogen-bond donors (Lipinski definition) is 2. The number of aromatic amines is 1. The van der Waals surface area contributed by atoms with E-state index in [0.717, 1.165) is 76.9 Å². The van der Waals surface area contributed by atoms with Crippen molar-refractivity contribution in [1.82, 2.24) is 9.88 Å². The van der Waals surface area contributed by atoms with E-state index in [4.69, 9.17) is 10.5 Å². The highest BCUT2D eigenvalue weighted by Gasteiger charge is 2.41. The van der Waals surface area contributed by atoms with Gasteiger partial charge in [-0.05, 0) is 42.7 Å². The third kappa shape index (κ3) is 3.00. The average molecular weight is 445 g/mol. The quantitative estimate of drug-likeness (QED) is 0.589. The van der Waals surface area contributed by atoms with Crippen LogP contribution in [0.2, 0.25) is 0 Å². The Morgan fingerprint density at radius 3 is 2.52 bits per heavy atom.